The van der Waals surface area contributed by atoms with E-state index in [9.17, 15) is 23.1 Å². The number of benzene rings is 1. The Hall–Kier alpha value is -1.84. The zero-order valence-electron chi connectivity index (χ0n) is 21.3. The molecule has 9 heteroatoms. The van der Waals surface area contributed by atoms with Gasteiger partial charge in [0.2, 0.25) is 0 Å². The van der Waals surface area contributed by atoms with E-state index < -0.39 is 22.9 Å². The van der Waals surface area contributed by atoms with Gasteiger partial charge in [0.1, 0.15) is 6.10 Å². The predicted molar refractivity (Wildman–Crippen MR) is 129 cm³/mol. The molecule has 1 N–H and O–H groups in total. The van der Waals surface area contributed by atoms with Gasteiger partial charge < -0.3 is 19.5 Å². The van der Waals surface area contributed by atoms with E-state index in [-0.39, 0.29) is 29.3 Å². The maximum absolute atomic E-state index is 13.1. The fourth-order valence-electron chi connectivity index (χ4n) is 7.44. The van der Waals surface area contributed by atoms with E-state index in [4.69, 9.17) is 9.47 Å². The Balaban J connectivity index is 1.26. The molecule has 0 spiro atoms. The molecule has 2 saturated heterocycles. The number of hydrogen-bond acceptors (Lipinski definition) is 6. The molecule has 1 aromatic carbocycles. The lowest BCUT2D eigenvalue weighted by atomic mass is 9.49. The second-order valence-corrected chi connectivity index (χ2v) is 11.7. The van der Waals surface area contributed by atoms with E-state index in [0.717, 1.165) is 25.3 Å². The molecule has 0 bridgehead atoms. The van der Waals surface area contributed by atoms with E-state index in [1.54, 1.807) is 13.2 Å². The lowest BCUT2D eigenvalue weighted by Crippen LogP contribution is -2.69. The van der Waals surface area contributed by atoms with E-state index >= 15 is 0 Å². The van der Waals surface area contributed by atoms with Gasteiger partial charge in [-0.05, 0) is 57.2 Å². The fraction of sp³-hybridized carbons (Fsp3) is 0.741. The van der Waals surface area contributed by atoms with Crippen molar-refractivity contribution in [1.82, 2.24) is 4.90 Å². The number of esters is 1. The second-order valence-electron chi connectivity index (χ2n) is 11.7. The molecule has 5 rings (SSSR count). The SMILES string of the molecule is CO[C@]1(C)CCC[C@]2(C)C[C@H]3OC(=O)[C@@H](CN4CCN(c5cccc(C(F)(F)F)c5)CC4)[C@@H]3C[C@]21O. The summed E-state index contributed by atoms with van der Waals surface area (Å²) in [5, 5.41) is 12.1. The van der Waals surface area contributed by atoms with Gasteiger partial charge in [0.05, 0.1) is 22.7 Å². The van der Waals surface area contributed by atoms with Crippen LogP contribution in [-0.2, 0) is 20.4 Å². The number of aliphatic hydroxyl groups is 1. The second kappa shape index (κ2) is 8.88. The molecule has 4 fully saturated rings. The quantitative estimate of drug-likeness (QED) is 0.616. The maximum atomic E-state index is 13.1. The van der Waals surface area contributed by atoms with Crippen LogP contribution in [0.25, 0.3) is 0 Å². The van der Waals surface area contributed by atoms with Crippen molar-refractivity contribution >= 4 is 11.7 Å². The van der Waals surface area contributed by atoms with Crippen molar-refractivity contribution in [2.24, 2.45) is 17.3 Å². The number of alkyl halides is 3. The van der Waals surface area contributed by atoms with Crippen LogP contribution < -0.4 is 4.90 Å². The first-order valence-corrected chi connectivity index (χ1v) is 13.0. The molecular formula is C27H37F3N2O4. The molecular weight excluding hydrogens is 473 g/mol. The van der Waals surface area contributed by atoms with Gasteiger partial charge in [0.15, 0.2) is 0 Å². The number of methoxy groups -OCH3 is 1. The largest absolute Gasteiger partial charge is 0.462 e. The van der Waals surface area contributed by atoms with Crippen molar-refractivity contribution in [3.63, 3.8) is 0 Å². The number of rotatable bonds is 4. The van der Waals surface area contributed by atoms with Crippen molar-refractivity contribution < 1.29 is 32.5 Å². The summed E-state index contributed by atoms with van der Waals surface area (Å²) in [7, 11) is 1.66. The standard InChI is InChI=1S/C27H37F3N2O4/c1-24-8-5-9-25(2,35-3)26(24,34)15-20-21(23(33)36-22(20)16-24)17-31-10-12-32(13-11-31)19-7-4-6-18(14-19)27(28,29)30/h4,6-7,14,20-22,34H,5,8-13,15-17H2,1-3H3/t20-,21-,22+,24+,25+,26-/m0/s1. The summed E-state index contributed by atoms with van der Waals surface area (Å²) in [6.07, 6.45) is -0.825. The Kier molecular flexibility index (Phi) is 6.36. The van der Waals surface area contributed by atoms with Gasteiger partial charge in [-0.25, -0.2) is 0 Å². The predicted octanol–water partition coefficient (Wildman–Crippen LogP) is 4.11. The molecule has 4 aliphatic rings. The highest BCUT2D eigenvalue weighted by Crippen LogP contribution is 2.61. The summed E-state index contributed by atoms with van der Waals surface area (Å²) in [4.78, 5) is 17.2. The average Bonchev–Trinajstić information content (AvgIpc) is 3.11. The number of carbonyl (C=O) groups is 1. The van der Waals surface area contributed by atoms with Crippen LogP contribution in [0.4, 0.5) is 18.9 Å². The first-order chi connectivity index (χ1) is 16.9. The lowest BCUT2D eigenvalue weighted by molar-refractivity contribution is -0.270. The number of ether oxygens (including phenoxy) is 2. The number of hydrogen-bond donors (Lipinski definition) is 1. The Morgan fingerprint density at radius 3 is 2.53 bits per heavy atom. The molecule has 1 aromatic rings. The zero-order chi connectivity index (χ0) is 25.9. The monoisotopic (exact) mass is 510 g/mol. The van der Waals surface area contributed by atoms with Gasteiger partial charge >= 0.3 is 12.1 Å². The van der Waals surface area contributed by atoms with Crippen LogP contribution in [0.1, 0.15) is 51.5 Å². The van der Waals surface area contributed by atoms with Crippen molar-refractivity contribution in [3.05, 3.63) is 29.8 Å². The number of fused-ring (bicyclic) bond motifs is 2. The molecule has 2 saturated carbocycles. The third-order valence-corrected chi connectivity index (χ3v) is 9.82. The van der Waals surface area contributed by atoms with Crippen LogP contribution in [0, 0.1) is 17.3 Å². The zero-order valence-corrected chi connectivity index (χ0v) is 21.3. The minimum absolute atomic E-state index is 0.0790. The third kappa shape index (κ3) is 4.11. The average molecular weight is 511 g/mol. The van der Waals surface area contributed by atoms with Gasteiger partial charge in [0.25, 0.3) is 0 Å². The van der Waals surface area contributed by atoms with Crippen molar-refractivity contribution in [1.29, 1.82) is 0 Å². The van der Waals surface area contributed by atoms with Crippen LogP contribution in [0.15, 0.2) is 24.3 Å². The van der Waals surface area contributed by atoms with Crippen LogP contribution >= 0.6 is 0 Å². The molecule has 200 valence electrons. The van der Waals surface area contributed by atoms with Crippen LogP contribution in [0.3, 0.4) is 0 Å². The molecule has 6 atom stereocenters. The Bertz CT molecular complexity index is 997. The van der Waals surface area contributed by atoms with Crippen molar-refractivity contribution in [2.75, 3.05) is 44.7 Å². The van der Waals surface area contributed by atoms with E-state index in [1.165, 1.54) is 12.1 Å². The number of carbonyl (C=O) groups excluding carboxylic acids is 1. The van der Waals surface area contributed by atoms with Crippen molar-refractivity contribution in [2.45, 2.75) is 69.4 Å². The molecule has 2 aliphatic heterocycles. The van der Waals surface area contributed by atoms with Gasteiger partial charge in [0, 0.05) is 56.9 Å². The fourth-order valence-corrected chi connectivity index (χ4v) is 7.44. The van der Waals surface area contributed by atoms with Crippen LogP contribution in [-0.4, -0.2) is 73.1 Å². The minimum Gasteiger partial charge on any atom is -0.462 e. The molecule has 0 amide bonds. The Morgan fingerprint density at radius 2 is 1.86 bits per heavy atom. The first kappa shape index (κ1) is 25.8. The first-order valence-electron chi connectivity index (χ1n) is 13.0. The maximum Gasteiger partial charge on any atom is 0.416 e. The molecule has 6 nitrogen and oxygen atoms in total. The van der Waals surface area contributed by atoms with Crippen LogP contribution in [0.2, 0.25) is 0 Å². The minimum atomic E-state index is -4.37. The molecule has 0 radical (unpaired) electrons. The molecule has 0 aromatic heterocycles. The Morgan fingerprint density at radius 1 is 1.14 bits per heavy atom. The highest BCUT2D eigenvalue weighted by atomic mass is 19.4. The van der Waals surface area contributed by atoms with E-state index in [2.05, 4.69) is 11.8 Å². The summed E-state index contributed by atoms with van der Waals surface area (Å²) < 4.78 is 51.2. The summed E-state index contributed by atoms with van der Waals surface area (Å²) >= 11 is 0. The highest BCUT2D eigenvalue weighted by molar-refractivity contribution is 5.75. The summed E-state index contributed by atoms with van der Waals surface area (Å²) in [6.45, 7) is 7.09. The van der Waals surface area contributed by atoms with Crippen LogP contribution in [0.5, 0.6) is 0 Å². The molecule has 2 heterocycles. The Labute approximate surface area is 210 Å². The summed E-state index contributed by atoms with van der Waals surface area (Å²) in [5.74, 6) is -0.605. The van der Waals surface area contributed by atoms with Gasteiger partial charge in [-0.2, -0.15) is 13.2 Å². The number of halogens is 3. The third-order valence-electron chi connectivity index (χ3n) is 9.82. The number of piperazine rings is 1. The summed E-state index contributed by atoms with van der Waals surface area (Å²) in [6, 6.07) is 5.44. The smallest absolute Gasteiger partial charge is 0.416 e. The van der Waals surface area contributed by atoms with Gasteiger partial charge in [-0.15, -0.1) is 0 Å². The van der Waals surface area contributed by atoms with Gasteiger partial charge in [-0.1, -0.05) is 13.0 Å². The highest BCUT2D eigenvalue weighted by Gasteiger charge is 2.67. The molecule has 0 unspecified atom stereocenters. The number of anilines is 1. The number of nitrogens with zero attached hydrogens (tertiary/aromatic N) is 2. The van der Waals surface area contributed by atoms with Gasteiger partial charge in [-0.3, -0.25) is 9.69 Å². The topological polar surface area (TPSA) is 62.2 Å². The molecule has 2 aliphatic carbocycles. The van der Waals surface area contributed by atoms with Crippen molar-refractivity contribution in [3.8, 4) is 0 Å². The lowest BCUT2D eigenvalue weighted by Gasteiger charge is -2.62. The normalized spacial score (nSPS) is 39.5. The molecule has 36 heavy (non-hydrogen) atoms. The summed E-state index contributed by atoms with van der Waals surface area (Å²) in [5.41, 5.74) is -2.16. The van der Waals surface area contributed by atoms with E-state index in [0.29, 0.717) is 51.3 Å². The van der Waals surface area contributed by atoms with E-state index in [1.807, 2.05) is 11.8 Å².